The van der Waals surface area contributed by atoms with Crippen molar-refractivity contribution in [2.75, 3.05) is 14.2 Å². The number of ether oxygens (including phenoxy) is 2. The lowest BCUT2D eigenvalue weighted by Crippen LogP contribution is -2.05. The monoisotopic (exact) mass is 282 g/mol. The molecule has 2 atom stereocenters. The molecule has 1 aliphatic rings. The van der Waals surface area contributed by atoms with E-state index in [1.165, 1.54) is 7.11 Å². The fourth-order valence-electron chi connectivity index (χ4n) is 2.43. The highest BCUT2D eigenvalue weighted by atomic mass is 35.5. The lowest BCUT2D eigenvalue weighted by Gasteiger charge is -2.10. The summed E-state index contributed by atoms with van der Waals surface area (Å²) in [6, 6.07) is 3.92. The van der Waals surface area contributed by atoms with Gasteiger partial charge in [-0.1, -0.05) is 11.6 Å². The molecule has 0 heterocycles. The van der Waals surface area contributed by atoms with Gasteiger partial charge in [0.25, 0.3) is 0 Å². The largest absolute Gasteiger partial charge is 0.496 e. The topological polar surface area (TPSA) is 35.5 Å². The Bertz CT molecular complexity index is 485. The molecule has 1 aromatic carbocycles. The minimum atomic E-state index is -0.0843. The molecule has 4 heteroatoms. The zero-order valence-corrected chi connectivity index (χ0v) is 12.3. The van der Waals surface area contributed by atoms with Gasteiger partial charge < -0.3 is 9.47 Å². The highest BCUT2D eigenvalue weighted by molar-refractivity contribution is 6.31. The molecule has 3 nitrogen and oxygen atoms in total. The molecule has 0 spiro atoms. The summed E-state index contributed by atoms with van der Waals surface area (Å²) in [5, 5.41) is 0.760. The Hall–Kier alpha value is -1.22. The summed E-state index contributed by atoms with van der Waals surface area (Å²) in [6.07, 6.45) is 2.78. The average Bonchev–Trinajstić information content (AvgIpc) is 3.18. The van der Waals surface area contributed by atoms with E-state index in [0.717, 1.165) is 41.2 Å². The number of hydrogen-bond donors (Lipinski definition) is 0. The van der Waals surface area contributed by atoms with Crippen molar-refractivity contribution < 1.29 is 14.3 Å². The summed E-state index contributed by atoms with van der Waals surface area (Å²) in [5.74, 6) is 1.32. The van der Waals surface area contributed by atoms with Gasteiger partial charge in [0.1, 0.15) is 5.75 Å². The van der Waals surface area contributed by atoms with Crippen molar-refractivity contribution in [2.24, 2.45) is 11.8 Å². The second-order valence-electron chi connectivity index (χ2n) is 5.08. The Labute approximate surface area is 118 Å². The Morgan fingerprint density at radius 2 is 2.16 bits per heavy atom. The van der Waals surface area contributed by atoms with Gasteiger partial charge in [-0.2, -0.15) is 0 Å². The van der Waals surface area contributed by atoms with Crippen molar-refractivity contribution in [3.63, 3.8) is 0 Å². The Morgan fingerprint density at radius 3 is 2.79 bits per heavy atom. The van der Waals surface area contributed by atoms with Crippen LogP contribution in [0, 0.1) is 18.8 Å². The van der Waals surface area contributed by atoms with Crippen LogP contribution in [-0.2, 0) is 16.0 Å². The van der Waals surface area contributed by atoms with Crippen LogP contribution in [0.2, 0.25) is 5.02 Å². The standard InChI is InChI=1S/C15H19ClO3/c1-9-6-14(18-2)11(8-13(9)16)5-4-10-7-12(10)15(17)19-3/h6,8,10,12H,4-5,7H2,1-3H3. The third-order valence-corrected chi connectivity index (χ3v) is 4.18. The Kier molecular flexibility index (Phi) is 4.35. The maximum atomic E-state index is 11.3. The molecule has 0 amide bonds. The summed E-state index contributed by atoms with van der Waals surface area (Å²) >= 11 is 6.15. The van der Waals surface area contributed by atoms with E-state index in [1.54, 1.807) is 7.11 Å². The summed E-state index contributed by atoms with van der Waals surface area (Å²) < 4.78 is 10.1. The fourth-order valence-corrected chi connectivity index (χ4v) is 2.62. The van der Waals surface area contributed by atoms with Crippen LogP contribution < -0.4 is 4.74 Å². The van der Waals surface area contributed by atoms with Gasteiger partial charge in [0.2, 0.25) is 0 Å². The molecule has 0 radical (unpaired) electrons. The number of carbonyl (C=O) groups is 1. The predicted molar refractivity (Wildman–Crippen MR) is 74.7 cm³/mol. The zero-order valence-electron chi connectivity index (χ0n) is 11.5. The van der Waals surface area contributed by atoms with E-state index in [9.17, 15) is 4.79 Å². The van der Waals surface area contributed by atoms with Gasteiger partial charge in [-0.25, -0.2) is 0 Å². The number of esters is 1. The molecule has 2 rings (SSSR count). The number of methoxy groups -OCH3 is 2. The smallest absolute Gasteiger partial charge is 0.308 e. The van der Waals surface area contributed by atoms with Crippen LogP contribution in [0.1, 0.15) is 24.0 Å². The first-order valence-corrected chi connectivity index (χ1v) is 6.85. The molecule has 0 saturated heterocycles. The van der Waals surface area contributed by atoms with Crippen molar-refractivity contribution in [2.45, 2.75) is 26.2 Å². The molecule has 0 N–H and O–H groups in total. The third-order valence-electron chi connectivity index (χ3n) is 3.77. The molecular formula is C15H19ClO3. The summed E-state index contributed by atoms with van der Waals surface area (Å²) in [4.78, 5) is 11.3. The number of benzene rings is 1. The number of aryl methyl sites for hydroxylation is 2. The number of halogens is 1. The van der Waals surface area contributed by atoms with E-state index >= 15 is 0 Å². The van der Waals surface area contributed by atoms with E-state index in [2.05, 4.69) is 0 Å². The molecule has 0 aromatic heterocycles. The van der Waals surface area contributed by atoms with Crippen LogP contribution >= 0.6 is 11.6 Å². The van der Waals surface area contributed by atoms with Crippen molar-refractivity contribution in [1.29, 1.82) is 0 Å². The number of rotatable bonds is 5. The Balaban J connectivity index is 1.97. The van der Waals surface area contributed by atoms with Crippen LogP contribution in [0.3, 0.4) is 0 Å². The highest BCUT2D eigenvalue weighted by Gasteiger charge is 2.43. The van der Waals surface area contributed by atoms with Crippen molar-refractivity contribution >= 4 is 17.6 Å². The van der Waals surface area contributed by atoms with Crippen LogP contribution in [0.25, 0.3) is 0 Å². The predicted octanol–water partition coefficient (Wildman–Crippen LogP) is 3.40. The first-order valence-electron chi connectivity index (χ1n) is 6.47. The normalized spacial score (nSPS) is 21.1. The maximum Gasteiger partial charge on any atom is 0.308 e. The number of carbonyl (C=O) groups excluding carboxylic acids is 1. The lowest BCUT2D eigenvalue weighted by atomic mass is 10.0. The molecule has 1 aromatic rings. The van der Waals surface area contributed by atoms with Gasteiger partial charge in [0.15, 0.2) is 0 Å². The molecule has 1 aliphatic carbocycles. The van der Waals surface area contributed by atoms with Gasteiger partial charge in [-0.3, -0.25) is 4.79 Å². The van der Waals surface area contributed by atoms with Crippen molar-refractivity contribution in [3.05, 3.63) is 28.3 Å². The van der Waals surface area contributed by atoms with Crippen LogP contribution in [0.15, 0.2) is 12.1 Å². The molecule has 1 fully saturated rings. The molecule has 104 valence electrons. The molecule has 2 unspecified atom stereocenters. The van der Waals surface area contributed by atoms with Crippen molar-refractivity contribution in [3.8, 4) is 5.75 Å². The lowest BCUT2D eigenvalue weighted by molar-refractivity contribution is -0.142. The second kappa shape index (κ2) is 5.83. The van der Waals surface area contributed by atoms with Gasteiger partial charge in [-0.05, 0) is 55.4 Å². The van der Waals surface area contributed by atoms with Crippen molar-refractivity contribution in [1.82, 2.24) is 0 Å². The first-order chi connectivity index (χ1) is 9.06. The highest BCUT2D eigenvalue weighted by Crippen LogP contribution is 2.43. The van der Waals surface area contributed by atoms with Gasteiger partial charge >= 0.3 is 5.97 Å². The van der Waals surface area contributed by atoms with E-state index in [-0.39, 0.29) is 11.9 Å². The molecule has 0 aliphatic heterocycles. The van der Waals surface area contributed by atoms with E-state index in [0.29, 0.717) is 5.92 Å². The van der Waals surface area contributed by atoms with E-state index in [1.807, 2.05) is 19.1 Å². The minimum Gasteiger partial charge on any atom is -0.496 e. The zero-order chi connectivity index (χ0) is 14.0. The maximum absolute atomic E-state index is 11.3. The van der Waals surface area contributed by atoms with Crippen LogP contribution in [0.5, 0.6) is 5.75 Å². The quantitative estimate of drug-likeness (QED) is 0.777. The molecule has 19 heavy (non-hydrogen) atoms. The summed E-state index contributed by atoms with van der Waals surface area (Å²) in [5.41, 5.74) is 2.12. The SMILES string of the molecule is COC(=O)C1CC1CCc1cc(Cl)c(C)cc1OC. The van der Waals surface area contributed by atoms with Gasteiger partial charge in [0, 0.05) is 5.02 Å². The van der Waals surface area contributed by atoms with Gasteiger partial charge in [0.05, 0.1) is 20.1 Å². The first kappa shape index (κ1) is 14.2. The molecule has 1 saturated carbocycles. The minimum absolute atomic E-state index is 0.0843. The van der Waals surface area contributed by atoms with Crippen LogP contribution in [-0.4, -0.2) is 20.2 Å². The van der Waals surface area contributed by atoms with Gasteiger partial charge in [-0.15, -0.1) is 0 Å². The number of hydrogen-bond acceptors (Lipinski definition) is 3. The average molecular weight is 283 g/mol. The fraction of sp³-hybridized carbons (Fsp3) is 0.533. The van der Waals surface area contributed by atoms with Crippen LogP contribution in [0.4, 0.5) is 0 Å². The second-order valence-corrected chi connectivity index (χ2v) is 5.48. The van der Waals surface area contributed by atoms with E-state index < -0.39 is 0 Å². The summed E-state index contributed by atoms with van der Waals surface area (Å²) in [7, 11) is 3.11. The third kappa shape index (κ3) is 3.21. The molecule has 0 bridgehead atoms. The summed E-state index contributed by atoms with van der Waals surface area (Å²) in [6.45, 7) is 1.96. The van der Waals surface area contributed by atoms with E-state index in [4.69, 9.17) is 21.1 Å². The molecular weight excluding hydrogens is 264 g/mol. The Morgan fingerprint density at radius 1 is 1.42 bits per heavy atom.